The van der Waals surface area contributed by atoms with Gasteiger partial charge in [-0.25, -0.2) is 4.98 Å². The van der Waals surface area contributed by atoms with Crippen molar-refractivity contribution in [2.24, 2.45) is 5.73 Å². The number of nitrogens with two attached hydrogens (primary N) is 2. The number of carbonyl (C=O) groups is 1. The Morgan fingerprint density at radius 1 is 1.44 bits per heavy atom. The zero-order chi connectivity index (χ0) is 11.9. The molecule has 5 heteroatoms. The van der Waals surface area contributed by atoms with Crippen LogP contribution in [0.15, 0.2) is 22.8 Å². The van der Waals surface area contributed by atoms with Crippen LogP contribution in [0.3, 0.4) is 0 Å². The number of hydrogen-bond acceptors (Lipinski definition) is 3. The van der Waals surface area contributed by atoms with Crippen LogP contribution in [0.4, 0.5) is 5.69 Å². The molecule has 0 unspecified atom stereocenters. The summed E-state index contributed by atoms with van der Waals surface area (Å²) < 4.78 is 0.755. The van der Waals surface area contributed by atoms with Gasteiger partial charge in [-0.2, -0.15) is 0 Å². The number of pyridine rings is 1. The number of carbonyl (C=O) groups excluding carboxylic acids is 1. The lowest BCUT2D eigenvalue weighted by Crippen LogP contribution is -2.14. The molecule has 0 radical (unpaired) electrons. The fourth-order valence-electron chi connectivity index (χ4n) is 1.72. The summed E-state index contributed by atoms with van der Waals surface area (Å²) in [5.41, 5.74) is 13.0. The lowest BCUT2D eigenvalue weighted by molar-refractivity contribution is 0.0997. The molecule has 0 aliphatic rings. The van der Waals surface area contributed by atoms with E-state index >= 15 is 0 Å². The Morgan fingerprint density at radius 3 is 2.75 bits per heavy atom. The van der Waals surface area contributed by atoms with E-state index in [0.29, 0.717) is 11.1 Å². The molecule has 1 amide bonds. The van der Waals surface area contributed by atoms with Crippen LogP contribution < -0.4 is 11.5 Å². The average molecular weight is 280 g/mol. The molecule has 16 heavy (non-hydrogen) atoms. The Bertz CT molecular complexity index is 595. The molecule has 4 nitrogen and oxygen atoms in total. The van der Waals surface area contributed by atoms with E-state index in [1.54, 1.807) is 0 Å². The highest BCUT2D eigenvalue weighted by atomic mass is 79.9. The third-order valence-electron chi connectivity index (χ3n) is 2.35. The Morgan fingerprint density at radius 2 is 2.12 bits per heavy atom. The fourth-order valence-corrected chi connectivity index (χ4v) is 2.26. The van der Waals surface area contributed by atoms with Gasteiger partial charge in [-0.3, -0.25) is 4.79 Å². The molecule has 0 saturated carbocycles. The second kappa shape index (κ2) is 3.75. The van der Waals surface area contributed by atoms with Crippen molar-refractivity contribution in [3.8, 4) is 0 Å². The largest absolute Gasteiger partial charge is 0.398 e. The van der Waals surface area contributed by atoms with Crippen molar-refractivity contribution in [3.05, 3.63) is 34.1 Å². The third kappa shape index (κ3) is 1.63. The number of anilines is 1. The predicted octanol–water partition coefficient (Wildman–Crippen LogP) is 1.99. The maximum absolute atomic E-state index is 11.3. The van der Waals surface area contributed by atoms with Gasteiger partial charge in [-0.15, -0.1) is 0 Å². The van der Waals surface area contributed by atoms with Crippen LogP contribution in [0.25, 0.3) is 10.8 Å². The second-order valence-electron chi connectivity index (χ2n) is 3.60. The van der Waals surface area contributed by atoms with Crippen LogP contribution in [-0.2, 0) is 0 Å². The molecule has 0 spiro atoms. The van der Waals surface area contributed by atoms with Gasteiger partial charge in [-0.1, -0.05) is 0 Å². The number of nitrogens with zero attached hydrogens (tertiary/aromatic N) is 1. The predicted molar refractivity (Wildman–Crippen MR) is 67.1 cm³/mol. The first-order valence-electron chi connectivity index (χ1n) is 4.65. The SMILES string of the molecule is Cc1cc(N)c2c(Br)cnc(C(N)=O)c2c1. The summed E-state index contributed by atoms with van der Waals surface area (Å²) in [7, 11) is 0. The van der Waals surface area contributed by atoms with E-state index < -0.39 is 5.91 Å². The van der Waals surface area contributed by atoms with E-state index in [4.69, 9.17) is 11.5 Å². The molecular formula is C11H10BrN3O. The summed E-state index contributed by atoms with van der Waals surface area (Å²) in [5.74, 6) is -0.553. The van der Waals surface area contributed by atoms with Crippen molar-refractivity contribution in [2.45, 2.75) is 6.92 Å². The standard InChI is InChI=1S/C11H10BrN3O/c1-5-2-6-9(8(13)3-5)7(12)4-15-10(6)11(14)16/h2-4H,13H2,1H3,(H2,14,16). The van der Waals surface area contributed by atoms with Gasteiger partial charge in [0.05, 0.1) is 0 Å². The van der Waals surface area contributed by atoms with Crippen LogP contribution >= 0.6 is 15.9 Å². The lowest BCUT2D eigenvalue weighted by Gasteiger charge is -2.08. The van der Waals surface area contributed by atoms with Gasteiger partial charge in [0, 0.05) is 27.1 Å². The Labute approximate surface area is 101 Å². The molecule has 1 aromatic heterocycles. The topological polar surface area (TPSA) is 82.0 Å². The van der Waals surface area contributed by atoms with E-state index in [2.05, 4.69) is 20.9 Å². The number of aromatic nitrogens is 1. The normalized spacial score (nSPS) is 10.6. The minimum atomic E-state index is -0.553. The highest BCUT2D eigenvalue weighted by molar-refractivity contribution is 9.10. The monoisotopic (exact) mass is 279 g/mol. The zero-order valence-corrected chi connectivity index (χ0v) is 10.2. The van der Waals surface area contributed by atoms with Gasteiger partial charge in [0.25, 0.3) is 5.91 Å². The number of halogens is 1. The number of hydrogen-bond donors (Lipinski definition) is 2. The molecule has 82 valence electrons. The number of nitrogen functional groups attached to an aromatic ring is 1. The first-order valence-corrected chi connectivity index (χ1v) is 5.44. The summed E-state index contributed by atoms with van der Waals surface area (Å²) in [5, 5.41) is 1.45. The molecule has 0 aliphatic heterocycles. The van der Waals surface area contributed by atoms with Crippen LogP contribution in [0.5, 0.6) is 0 Å². The van der Waals surface area contributed by atoms with Gasteiger partial charge in [0.1, 0.15) is 5.69 Å². The van der Waals surface area contributed by atoms with Gasteiger partial charge in [0.15, 0.2) is 0 Å². The molecule has 2 aromatic rings. The van der Waals surface area contributed by atoms with Crippen LogP contribution in [0.1, 0.15) is 16.1 Å². The molecule has 0 fully saturated rings. The second-order valence-corrected chi connectivity index (χ2v) is 4.45. The van der Waals surface area contributed by atoms with Crippen molar-refractivity contribution in [3.63, 3.8) is 0 Å². The van der Waals surface area contributed by atoms with Gasteiger partial charge >= 0.3 is 0 Å². The van der Waals surface area contributed by atoms with Crippen LogP contribution in [0.2, 0.25) is 0 Å². The number of primary amides is 1. The smallest absolute Gasteiger partial charge is 0.267 e. The molecule has 2 rings (SSSR count). The fraction of sp³-hybridized carbons (Fsp3) is 0.0909. The minimum absolute atomic E-state index is 0.244. The molecule has 1 aromatic carbocycles. The summed E-state index contributed by atoms with van der Waals surface area (Å²) in [4.78, 5) is 15.3. The minimum Gasteiger partial charge on any atom is -0.398 e. The molecule has 4 N–H and O–H groups in total. The highest BCUT2D eigenvalue weighted by Crippen LogP contribution is 2.31. The molecule has 0 saturated heterocycles. The average Bonchev–Trinajstić information content (AvgIpc) is 2.15. The van der Waals surface area contributed by atoms with Crippen LogP contribution in [-0.4, -0.2) is 10.9 Å². The van der Waals surface area contributed by atoms with E-state index in [9.17, 15) is 4.79 Å². The molecular weight excluding hydrogens is 270 g/mol. The number of rotatable bonds is 1. The summed E-state index contributed by atoms with van der Waals surface area (Å²) in [6.45, 7) is 1.90. The van der Waals surface area contributed by atoms with Crippen molar-refractivity contribution in [2.75, 3.05) is 5.73 Å². The quantitative estimate of drug-likeness (QED) is 0.784. The van der Waals surface area contributed by atoms with Crippen molar-refractivity contribution in [1.29, 1.82) is 0 Å². The highest BCUT2D eigenvalue weighted by Gasteiger charge is 2.13. The molecule has 1 heterocycles. The van der Waals surface area contributed by atoms with Crippen molar-refractivity contribution in [1.82, 2.24) is 4.98 Å². The number of benzene rings is 1. The van der Waals surface area contributed by atoms with Crippen molar-refractivity contribution < 1.29 is 4.79 Å². The van der Waals surface area contributed by atoms with Gasteiger partial charge in [0.2, 0.25) is 0 Å². The van der Waals surface area contributed by atoms with Crippen LogP contribution in [0, 0.1) is 6.92 Å². The number of aryl methyl sites for hydroxylation is 1. The first kappa shape index (κ1) is 10.9. The van der Waals surface area contributed by atoms with Gasteiger partial charge in [-0.05, 0) is 40.5 Å². The van der Waals surface area contributed by atoms with E-state index in [1.165, 1.54) is 6.20 Å². The lowest BCUT2D eigenvalue weighted by atomic mass is 10.0. The van der Waals surface area contributed by atoms with E-state index in [-0.39, 0.29) is 5.69 Å². The van der Waals surface area contributed by atoms with E-state index in [0.717, 1.165) is 15.4 Å². The van der Waals surface area contributed by atoms with E-state index in [1.807, 2.05) is 19.1 Å². The Hall–Kier alpha value is -1.62. The zero-order valence-electron chi connectivity index (χ0n) is 8.62. The summed E-state index contributed by atoms with van der Waals surface area (Å²) in [6, 6.07) is 3.70. The molecule has 0 aliphatic carbocycles. The van der Waals surface area contributed by atoms with Gasteiger partial charge < -0.3 is 11.5 Å². The Kier molecular flexibility index (Phi) is 2.55. The summed E-state index contributed by atoms with van der Waals surface area (Å²) in [6.07, 6.45) is 1.54. The summed E-state index contributed by atoms with van der Waals surface area (Å²) >= 11 is 3.36. The molecule has 0 bridgehead atoms. The number of amides is 1. The maximum Gasteiger partial charge on any atom is 0.267 e. The Balaban J connectivity index is 2.98. The van der Waals surface area contributed by atoms with Crippen molar-refractivity contribution >= 4 is 38.3 Å². The molecule has 0 atom stereocenters. The maximum atomic E-state index is 11.3. The number of fused-ring (bicyclic) bond motifs is 1. The third-order valence-corrected chi connectivity index (χ3v) is 2.95. The first-order chi connectivity index (χ1) is 7.50.